The van der Waals surface area contributed by atoms with Gasteiger partial charge in [-0.05, 0) is 68.1 Å². The average Bonchev–Trinajstić information content (AvgIpc) is 2.98. The van der Waals surface area contributed by atoms with Crippen molar-refractivity contribution >= 4 is 11.5 Å². The third-order valence-electron chi connectivity index (χ3n) is 5.69. The molecule has 0 bridgehead atoms. The number of amidine groups is 1. The highest BCUT2D eigenvalue weighted by Crippen LogP contribution is 2.37. The molecule has 0 saturated carbocycles. The molecule has 0 aliphatic carbocycles. The topological polar surface area (TPSA) is 35.7 Å². The second-order valence-corrected chi connectivity index (χ2v) is 7.45. The summed E-state index contributed by atoms with van der Waals surface area (Å²) >= 11 is 0. The highest BCUT2D eigenvalue weighted by Gasteiger charge is 2.52. The minimum absolute atomic E-state index is 0.555. The molecular weight excluding hydrogens is 324 g/mol. The number of ether oxygens (including phenoxy) is 1. The SMILES string of the molecule is COc1ccc(C2(O)CN(c3cc(C)ccc3C)C3=[N+]2CCCC3)cc1. The Balaban J connectivity index is 1.80. The van der Waals surface area contributed by atoms with Crippen LogP contribution in [-0.2, 0) is 5.72 Å². The fourth-order valence-electron chi connectivity index (χ4n) is 4.23. The summed E-state index contributed by atoms with van der Waals surface area (Å²) < 4.78 is 7.49. The number of hydrogen-bond donors (Lipinski definition) is 1. The number of aliphatic hydroxyl groups is 1. The van der Waals surface area contributed by atoms with Crippen LogP contribution >= 0.6 is 0 Å². The number of methoxy groups -OCH3 is 1. The van der Waals surface area contributed by atoms with Crippen LogP contribution in [0, 0.1) is 13.8 Å². The molecule has 26 heavy (non-hydrogen) atoms. The Bertz CT molecular complexity index is 857. The van der Waals surface area contributed by atoms with Crippen LogP contribution < -0.4 is 9.64 Å². The molecule has 0 aromatic heterocycles. The molecular formula is C22H27N2O2+. The molecule has 4 rings (SSSR count). The third-order valence-corrected chi connectivity index (χ3v) is 5.69. The van der Waals surface area contributed by atoms with E-state index in [1.54, 1.807) is 7.11 Å². The van der Waals surface area contributed by atoms with Gasteiger partial charge in [-0.2, -0.15) is 0 Å². The normalized spacial score (nSPS) is 22.5. The lowest BCUT2D eigenvalue weighted by Crippen LogP contribution is -2.41. The average molecular weight is 351 g/mol. The van der Waals surface area contributed by atoms with Crippen LogP contribution in [0.1, 0.15) is 36.0 Å². The van der Waals surface area contributed by atoms with E-state index in [9.17, 15) is 5.11 Å². The van der Waals surface area contributed by atoms with Crippen molar-refractivity contribution in [2.45, 2.75) is 38.8 Å². The van der Waals surface area contributed by atoms with Gasteiger partial charge in [0.05, 0.1) is 13.7 Å². The van der Waals surface area contributed by atoms with E-state index >= 15 is 0 Å². The molecule has 0 radical (unpaired) electrons. The van der Waals surface area contributed by atoms with Crippen molar-refractivity contribution < 1.29 is 14.4 Å². The van der Waals surface area contributed by atoms with Crippen LogP contribution in [0.3, 0.4) is 0 Å². The van der Waals surface area contributed by atoms with Crippen LogP contribution in [-0.4, -0.2) is 35.7 Å². The van der Waals surface area contributed by atoms with Gasteiger partial charge in [-0.1, -0.05) is 12.1 Å². The quantitative estimate of drug-likeness (QED) is 0.859. The van der Waals surface area contributed by atoms with E-state index in [0.29, 0.717) is 6.54 Å². The molecule has 2 aliphatic rings. The maximum Gasteiger partial charge on any atom is 0.271 e. The predicted octanol–water partition coefficient (Wildman–Crippen LogP) is 3.57. The maximum absolute atomic E-state index is 11.7. The predicted molar refractivity (Wildman–Crippen MR) is 104 cm³/mol. The lowest BCUT2D eigenvalue weighted by atomic mass is 10.0. The van der Waals surface area contributed by atoms with Crippen LogP contribution in [0.25, 0.3) is 0 Å². The minimum atomic E-state index is -1.00. The Morgan fingerprint density at radius 3 is 2.58 bits per heavy atom. The highest BCUT2D eigenvalue weighted by molar-refractivity contribution is 5.96. The van der Waals surface area contributed by atoms with Gasteiger partial charge < -0.3 is 9.84 Å². The molecule has 1 atom stereocenters. The summed E-state index contributed by atoms with van der Waals surface area (Å²) in [4.78, 5) is 2.33. The number of rotatable bonds is 3. The zero-order valence-electron chi connectivity index (χ0n) is 15.8. The van der Waals surface area contributed by atoms with Gasteiger partial charge in [0, 0.05) is 12.0 Å². The van der Waals surface area contributed by atoms with Crippen molar-refractivity contribution in [1.29, 1.82) is 0 Å². The van der Waals surface area contributed by atoms with E-state index in [4.69, 9.17) is 4.74 Å². The molecule has 136 valence electrons. The Hall–Kier alpha value is -2.33. The Morgan fingerprint density at radius 2 is 1.85 bits per heavy atom. The Morgan fingerprint density at radius 1 is 1.08 bits per heavy atom. The largest absolute Gasteiger partial charge is 0.497 e. The first-order valence-electron chi connectivity index (χ1n) is 9.38. The van der Waals surface area contributed by atoms with Crippen molar-refractivity contribution in [3.05, 3.63) is 59.2 Å². The highest BCUT2D eigenvalue weighted by atomic mass is 16.5. The van der Waals surface area contributed by atoms with Crippen molar-refractivity contribution in [2.24, 2.45) is 0 Å². The summed E-state index contributed by atoms with van der Waals surface area (Å²) in [6, 6.07) is 14.4. The Labute approximate surface area is 155 Å². The van der Waals surface area contributed by atoms with E-state index in [0.717, 1.165) is 30.7 Å². The van der Waals surface area contributed by atoms with Gasteiger partial charge in [-0.3, -0.25) is 0 Å². The van der Waals surface area contributed by atoms with Crippen LogP contribution in [0.5, 0.6) is 5.75 Å². The van der Waals surface area contributed by atoms with Gasteiger partial charge in [0.1, 0.15) is 11.4 Å². The summed E-state index contributed by atoms with van der Waals surface area (Å²) in [5.41, 5.74) is 3.61. The first-order valence-corrected chi connectivity index (χ1v) is 9.38. The molecule has 4 nitrogen and oxygen atoms in total. The van der Waals surface area contributed by atoms with Crippen molar-refractivity contribution in [1.82, 2.24) is 0 Å². The van der Waals surface area contributed by atoms with Crippen molar-refractivity contribution in [3.63, 3.8) is 0 Å². The third kappa shape index (κ3) is 2.69. The molecule has 2 aromatic rings. The monoisotopic (exact) mass is 351 g/mol. The molecule has 0 saturated heterocycles. The van der Waals surface area contributed by atoms with Crippen molar-refractivity contribution in [3.8, 4) is 5.75 Å². The van der Waals surface area contributed by atoms with Crippen molar-refractivity contribution in [2.75, 3.05) is 25.1 Å². The molecule has 0 amide bonds. The fourth-order valence-corrected chi connectivity index (χ4v) is 4.23. The summed E-state index contributed by atoms with van der Waals surface area (Å²) in [5, 5.41) is 11.7. The number of aryl methyl sites for hydroxylation is 2. The second kappa shape index (κ2) is 6.44. The van der Waals surface area contributed by atoms with E-state index in [1.165, 1.54) is 29.1 Å². The van der Waals surface area contributed by atoms with Crippen LogP contribution in [0.15, 0.2) is 42.5 Å². The summed E-state index contributed by atoms with van der Waals surface area (Å²) in [6.07, 6.45) is 3.29. The zero-order chi connectivity index (χ0) is 18.3. The lowest BCUT2D eigenvalue weighted by molar-refractivity contribution is -0.661. The first kappa shape index (κ1) is 17.1. The van der Waals surface area contributed by atoms with E-state index in [1.807, 2.05) is 24.3 Å². The lowest BCUT2D eigenvalue weighted by Gasteiger charge is -2.24. The van der Waals surface area contributed by atoms with E-state index in [2.05, 4.69) is 41.5 Å². The minimum Gasteiger partial charge on any atom is -0.497 e. The van der Waals surface area contributed by atoms with Crippen LogP contribution in [0.2, 0.25) is 0 Å². The zero-order valence-corrected chi connectivity index (χ0v) is 15.8. The smallest absolute Gasteiger partial charge is 0.271 e. The number of β-amino-alcohol motifs (C(OH)–C–C–N with tert-alkyl or cyclic N) is 1. The van der Waals surface area contributed by atoms with Gasteiger partial charge in [0.2, 0.25) is 0 Å². The maximum atomic E-state index is 11.7. The Kier molecular flexibility index (Phi) is 4.23. The van der Waals surface area contributed by atoms with Crippen LogP contribution in [0.4, 0.5) is 5.69 Å². The molecule has 1 N–H and O–H groups in total. The van der Waals surface area contributed by atoms with Gasteiger partial charge in [-0.15, -0.1) is 0 Å². The molecule has 4 heteroatoms. The summed E-state index contributed by atoms with van der Waals surface area (Å²) in [5.74, 6) is 2.05. The summed E-state index contributed by atoms with van der Waals surface area (Å²) in [6.45, 7) is 5.71. The molecule has 0 fully saturated rings. The van der Waals surface area contributed by atoms with Gasteiger partial charge >= 0.3 is 0 Å². The molecule has 2 heterocycles. The first-order chi connectivity index (χ1) is 12.5. The number of hydrogen-bond acceptors (Lipinski definition) is 3. The summed E-state index contributed by atoms with van der Waals surface area (Å²) in [7, 11) is 1.66. The standard InChI is InChI=1S/C22H27N2O2/c1-16-7-8-17(2)20(14-16)23-15-22(25,24-13-5-4-6-21(23)24)18-9-11-19(26-3)12-10-18/h7-12,14,25H,4-6,13,15H2,1-3H3/q+1. The van der Waals surface area contributed by atoms with E-state index in [-0.39, 0.29) is 0 Å². The van der Waals surface area contributed by atoms with Gasteiger partial charge in [-0.25, -0.2) is 9.48 Å². The fraction of sp³-hybridized carbons (Fsp3) is 0.409. The van der Waals surface area contributed by atoms with Gasteiger partial charge in [0.25, 0.3) is 11.6 Å². The van der Waals surface area contributed by atoms with E-state index < -0.39 is 5.72 Å². The molecule has 2 aliphatic heterocycles. The number of anilines is 1. The molecule has 0 spiro atoms. The molecule has 1 unspecified atom stereocenters. The van der Waals surface area contributed by atoms with Gasteiger partial charge in [0.15, 0.2) is 6.54 Å². The number of benzene rings is 2. The number of nitrogens with zero attached hydrogens (tertiary/aromatic N) is 2. The second-order valence-electron chi connectivity index (χ2n) is 7.45. The molecule has 2 aromatic carbocycles.